The lowest BCUT2D eigenvalue weighted by Gasteiger charge is -2.22. The van der Waals surface area contributed by atoms with Crippen molar-refractivity contribution in [1.29, 1.82) is 0 Å². The number of aromatic nitrogens is 2. The number of nitro groups is 1. The zero-order chi connectivity index (χ0) is 20.1. The smallest absolute Gasteiger partial charge is 0.334 e. The first kappa shape index (κ1) is 19.0. The van der Waals surface area contributed by atoms with Crippen molar-refractivity contribution in [1.82, 2.24) is 9.97 Å². The highest BCUT2D eigenvalue weighted by Crippen LogP contribution is 2.36. The van der Waals surface area contributed by atoms with Gasteiger partial charge in [-0.1, -0.05) is 18.2 Å². The monoisotopic (exact) mass is 377 g/mol. The summed E-state index contributed by atoms with van der Waals surface area (Å²) in [5.41, 5.74) is 1.72. The number of Topliss-reactive ketones (excluding diaryl/α,β-unsaturated/α-hetero) is 1. The summed E-state index contributed by atoms with van der Waals surface area (Å²) >= 11 is 0. The maximum absolute atomic E-state index is 11.8. The summed E-state index contributed by atoms with van der Waals surface area (Å²) in [6.45, 7) is 3.87. The predicted octanol–water partition coefficient (Wildman–Crippen LogP) is 4.49. The molecular formula is C20H19N5O3. The average Bonchev–Trinajstić information content (AvgIpc) is 2.70. The lowest BCUT2D eigenvalue weighted by Crippen LogP contribution is -2.19. The molecule has 3 aromatic rings. The second kappa shape index (κ2) is 8.26. The molecular weight excluding hydrogens is 358 g/mol. The Morgan fingerprint density at radius 3 is 2.36 bits per heavy atom. The van der Waals surface area contributed by atoms with Crippen molar-refractivity contribution in [2.45, 2.75) is 13.8 Å². The molecule has 28 heavy (non-hydrogen) atoms. The minimum atomic E-state index is -0.493. The van der Waals surface area contributed by atoms with Gasteiger partial charge in [0.05, 0.1) is 4.92 Å². The quantitative estimate of drug-likeness (QED) is 0.368. The highest BCUT2D eigenvalue weighted by atomic mass is 16.6. The van der Waals surface area contributed by atoms with E-state index < -0.39 is 4.92 Å². The molecule has 0 saturated heterocycles. The van der Waals surface area contributed by atoms with E-state index >= 15 is 0 Å². The number of nitrogens with zero attached hydrogens (tertiary/aromatic N) is 4. The van der Waals surface area contributed by atoms with E-state index in [4.69, 9.17) is 0 Å². The molecule has 0 aliphatic carbocycles. The summed E-state index contributed by atoms with van der Waals surface area (Å²) in [6.07, 6.45) is 1.29. The van der Waals surface area contributed by atoms with Crippen molar-refractivity contribution in [3.05, 3.63) is 76.6 Å². The van der Waals surface area contributed by atoms with Crippen molar-refractivity contribution in [3.63, 3.8) is 0 Å². The van der Waals surface area contributed by atoms with E-state index in [1.165, 1.54) is 13.3 Å². The number of hydrogen-bond donors (Lipinski definition) is 1. The number of nitrogens with one attached hydrogen (secondary N) is 1. The van der Waals surface area contributed by atoms with Gasteiger partial charge in [-0.25, -0.2) is 9.97 Å². The maximum Gasteiger partial charge on any atom is 0.354 e. The zero-order valence-electron chi connectivity index (χ0n) is 15.5. The van der Waals surface area contributed by atoms with Crippen LogP contribution in [0.3, 0.4) is 0 Å². The minimum Gasteiger partial charge on any atom is -0.334 e. The first-order chi connectivity index (χ1) is 13.5. The fraction of sp³-hybridized carbons (Fsp3) is 0.150. The molecule has 1 aromatic heterocycles. The minimum absolute atomic E-state index is 0.0525. The number of rotatable bonds is 7. The van der Waals surface area contributed by atoms with E-state index in [9.17, 15) is 14.9 Å². The van der Waals surface area contributed by atoms with Crippen molar-refractivity contribution in [3.8, 4) is 0 Å². The Hall–Kier alpha value is -3.81. The Morgan fingerprint density at radius 2 is 1.79 bits per heavy atom. The Balaban J connectivity index is 2.02. The van der Waals surface area contributed by atoms with Crippen LogP contribution < -0.4 is 10.2 Å². The van der Waals surface area contributed by atoms with Gasteiger partial charge in [0.25, 0.3) is 0 Å². The van der Waals surface area contributed by atoms with Gasteiger partial charge in [-0.05, 0) is 50.2 Å². The van der Waals surface area contributed by atoms with Gasteiger partial charge in [0.1, 0.15) is 6.33 Å². The van der Waals surface area contributed by atoms with Crippen molar-refractivity contribution in [2.24, 2.45) is 0 Å². The lowest BCUT2D eigenvalue weighted by atomic mass is 10.1. The van der Waals surface area contributed by atoms with Gasteiger partial charge >= 0.3 is 5.69 Å². The van der Waals surface area contributed by atoms with Gasteiger partial charge in [-0.3, -0.25) is 14.9 Å². The summed E-state index contributed by atoms with van der Waals surface area (Å²) in [5, 5.41) is 14.8. The molecule has 0 saturated carbocycles. The first-order valence-corrected chi connectivity index (χ1v) is 8.71. The number of ketones is 1. The largest absolute Gasteiger partial charge is 0.354 e. The lowest BCUT2D eigenvalue weighted by molar-refractivity contribution is -0.383. The summed E-state index contributed by atoms with van der Waals surface area (Å²) in [7, 11) is 0. The zero-order valence-corrected chi connectivity index (χ0v) is 15.5. The van der Waals surface area contributed by atoms with E-state index in [0.29, 0.717) is 17.8 Å². The number of hydrogen-bond acceptors (Lipinski definition) is 7. The van der Waals surface area contributed by atoms with Crippen LogP contribution >= 0.6 is 0 Å². The molecule has 8 heteroatoms. The van der Waals surface area contributed by atoms with E-state index in [0.717, 1.165) is 5.69 Å². The third-order valence-corrected chi connectivity index (χ3v) is 4.18. The highest BCUT2D eigenvalue weighted by Gasteiger charge is 2.27. The van der Waals surface area contributed by atoms with E-state index in [1.54, 1.807) is 29.2 Å². The Morgan fingerprint density at radius 1 is 1.11 bits per heavy atom. The van der Waals surface area contributed by atoms with Gasteiger partial charge < -0.3 is 10.2 Å². The van der Waals surface area contributed by atoms with E-state index in [2.05, 4.69) is 15.3 Å². The topological polar surface area (TPSA) is 101 Å². The van der Waals surface area contributed by atoms with Crippen LogP contribution in [0, 0.1) is 10.1 Å². The molecule has 1 N–H and O–H groups in total. The third-order valence-electron chi connectivity index (χ3n) is 4.18. The van der Waals surface area contributed by atoms with E-state index in [-0.39, 0.29) is 23.1 Å². The van der Waals surface area contributed by atoms with Crippen molar-refractivity contribution < 1.29 is 9.72 Å². The van der Waals surface area contributed by atoms with Crippen LogP contribution in [0.15, 0.2) is 60.9 Å². The average molecular weight is 377 g/mol. The Bertz CT molecular complexity index is 990. The molecule has 0 spiro atoms. The molecule has 0 unspecified atom stereocenters. The van der Waals surface area contributed by atoms with Crippen LogP contribution in [0.25, 0.3) is 0 Å². The summed E-state index contributed by atoms with van der Waals surface area (Å²) in [4.78, 5) is 32.8. The molecule has 0 amide bonds. The predicted molar refractivity (Wildman–Crippen MR) is 108 cm³/mol. The molecule has 0 aliphatic heterocycles. The molecule has 0 bridgehead atoms. The van der Waals surface area contributed by atoms with Crippen LogP contribution in [-0.4, -0.2) is 27.2 Å². The SMILES string of the molecule is CCN(c1ccccc1)c1ncnc(Nc2ccc(C(C)=O)cc2)c1[N+](=O)[O-]. The van der Waals surface area contributed by atoms with E-state index in [1.807, 2.05) is 37.3 Å². The van der Waals surface area contributed by atoms with Gasteiger partial charge in [-0.2, -0.15) is 0 Å². The maximum atomic E-state index is 11.8. The molecule has 0 aliphatic rings. The van der Waals surface area contributed by atoms with Crippen molar-refractivity contribution in [2.75, 3.05) is 16.8 Å². The van der Waals surface area contributed by atoms with Gasteiger partial charge in [0, 0.05) is 23.5 Å². The van der Waals surface area contributed by atoms with Gasteiger partial charge in [0.2, 0.25) is 11.6 Å². The van der Waals surface area contributed by atoms with Crippen LogP contribution in [0.2, 0.25) is 0 Å². The molecule has 0 radical (unpaired) electrons. The second-order valence-corrected chi connectivity index (χ2v) is 5.99. The molecule has 8 nitrogen and oxygen atoms in total. The number of carbonyl (C=O) groups is 1. The molecule has 2 aromatic carbocycles. The van der Waals surface area contributed by atoms with Crippen LogP contribution in [0.5, 0.6) is 0 Å². The molecule has 0 fully saturated rings. The second-order valence-electron chi connectivity index (χ2n) is 5.99. The summed E-state index contributed by atoms with van der Waals surface area (Å²) in [5.74, 6) is 0.236. The molecule has 1 heterocycles. The Kier molecular flexibility index (Phi) is 5.59. The number of benzene rings is 2. The third kappa shape index (κ3) is 3.96. The van der Waals surface area contributed by atoms with Crippen LogP contribution in [-0.2, 0) is 0 Å². The van der Waals surface area contributed by atoms with Crippen LogP contribution in [0.1, 0.15) is 24.2 Å². The first-order valence-electron chi connectivity index (χ1n) is 8.71. The van der Waals surface area contributed by atoms with Crippen molar-refractivity contribution >= 4 is 34.5 Å². The van der Waals surface area contributed by atoms with Gasteiger partial charge in [0.15, 0.2) is 5.78 Å². The fourth-order valence-electron chi connectivity index (χ4n) is 2.81. The fourth-order valence-corrected chi connectivity index (χ4v) is 2.81. The van der Waals surface area contributed by atoms with Crippen LogP contribution in [0.4, 0.5) is 28.7 Å². The normalized spacial score (nSPS) is 10.4. The molecule has 142 valence electrons. The summed E-state index contributed by atoms with van der Waals surface area (Å²) < 4.78 is 0. The highest BCUT2D eigenvalue weighted by molar-refractivity contribution is 5.94. The number of carbonyl (C=O) groups excluding carboxylic acids is 1. The summed E-state index contributed by atoms with van der Waals surface area (Å²) in [6, 6.07) is 16.0. The molecule has 3 rings (SSSR count). The molecule has 0 atom stereocenters. The number of para-hydroxylation sites is 1. The number of anilines is 4. The standard InChI is InChI=1S/C20H19N5O3/c1-3-24(17-7-5-4-6-8-17)20-18(25(27)28)19(21-13-22-20)23-16-11-9-15(10-12-16)14(2)26/h4-13H,3H2,1-2H3,(H,21,22,23). The Labute approximate surface area is 162 Å². The van der Waals surface area contributed by atoms with Gasteiger partial charge in [-0.15, -0.1) is 0 Å².